The minimum absolute atomic E-state index is 0.0363. The van der Waals surface area contributed by atoms with E-state index in [1.165, 1.54) is 0 Å². The third-order valence-corrected chi connectivity index (χ3v) is 9.00. The van der Waals surface area contributed by atoms with Gasteiger partial charge in [0, 0.05) is 41.8 Å². The van der Waals surface area contributed by atoms with Crippen LogP contribution in [0.4, 0.5) is 27.9 Å². The summed E-state index contributed by atoms with van der Waals surface area (Å²) in [4.78, 5) is 40.5. The molecule has 1 aliphatic carbocycles. The fourth-order valence-electron chi connectivity index (χ4n) is 5.90. The van der Waals surface area contributed by atoms with Crippen molar-refractivity contribution < 1.29 is 9.59 Å². The number of nitrogens with zero attached hydrogens (tertiary/aromatic N) is 5. The van der Waals surface area contributed by atoms with E-state index in [2.05, 4.69) is 27.7 Å². The molecule has 11 nitrogen and oxygen atoms in total. The van der Waals surface area contributed by atoms with Crippen LogP contribution in [0.25, 0.3) is 0 Å². The van der Waals surface area contributed by atoms with Crippen LogP contribution in [0.5, 0.6) is 0 Å². The summed E-state index contributed by atoms with van der Waals surface area (Å²) in [6, 6.07) is 12.3. The van der Waals surface area contributed by atoms with Crippen molar-refractivity contribution in [3.05, 3.63) is 63.2 Å². The number of nitrogens with two attached hydrogens (primary N) is 1. The second kappa shape index (κ2) is 14.5. The Morgan fingerprint density at radius 2 is 1.73 bits per heavy atom. The zero-order valence-electron chi connectivity index (χ0n) is 24.9. The standard InChI is InChI=1S/C31H36Cl3N9O2/c1-18-28(41-29(36-2)38-22-9-6-14-42(17-22)31(45)39-21-7-4-3-5-8-21)43(23-12-10-19(11-13-23)27(35)44)30(37-18)40-26-24(33)15-20(32)16-25(26)34/h3-5,7-8,15-16,19,22-23H,2,6,9-14,17H2,1H3,(H2,35,44)(H,37,40)(H,38,41)(H,39,45)/t19-,22-,23+/m1/s1. The number of urea groups is 1. The Hall–Kier alpha value is -3.80. The molecule has 3 amide bonds. The smallest absolute Gasteiger partial charge is 0.321 e. The molecule has 2 heterocycles. The fourth-order valence-corrected chi connectivity index (χ4v) is 6.81. The van der Waals surface area contributed by atoms with Gasteiger partial charge in [-0.15, -0.1) is 0 Å². The van der Waals surface area contributed by atoms with Crippen molar-refractivity contribution in [2.24, 2.45) is 21.6 Å². The summed E-state index contributed by atoms with van der Waals surface area (Å²) in [5.41, 5.74) is 7.47. The molecule has 238 valence electrons. The molecule has 1 atom stereocenters. The summed E-state index contributed by atoms with van der Waals surface area (Å²) in [6.07, 6.45) is 4.34. The molecule has 1 aromatic heterocycles. The third-order valence-electron chi connectivity index (χ3n) is 8.19. The molecule has 5 N–H and O–H groups in total. The largest absolute Gasteiger partial charge is 0.369 e. The van der Waals surface area contributed by atoms with E-state index < -0.39 is 0 Å². The van der Waals surface area contributed by atoms with Crippen molar-refractivity contribution in [3.8, 4) is 0 Å². The number of hydrogen-bond acceptors (Lipinski definition) is 5. The summed E-state index contributed by atoms with van der Waals surface area (Å²) < 4.78 is 2.00. The number of piperidine rings is 1. The number of carbonyl (C=O) groups is 2. The normalized spacial score (nSPS) is 20.4. The van der Waals surface area contributed by atoms with Crippen molar-refractivity contribution >= 4 is 82.6 Å². The molecular formula is C31H36Cl3N9O2. The second-order valence-electron chi connectivity index (χ2n) is 11.3. The summed E-state index contributed by atoms with van der Waals surface area (Å²) in [5, 5.41) is 10.7. The number of anilines is 3. The molecule has 3 aromatic rings. The predicted octanol–water partition coefficient (Wildman–Crippen LogP) is 7.09. The lowest BCUT2D eigenvalue weighted by atomic mass is 9.85. The van der Waals surface area contributed by atoms with Crippen LogP contribution in [0.3, 0.4) is 0 Å². The minimum atomic E-state index is -0.284. The number of amides is 3. The van der Waals surface area contributed by atoms with Gasteiger partial charge in [-0.05, 0) is 76.4 Å². The number of aliphatic imine (C=N–C) groups is 2. The molecule has 0 spiro atoms. The van der Waals surface area contributed by atoms with Gasteiger partial charge in [0.1, 0.15) is 0 Å². The topological polar surface area (TPSA) is 142 Å². The lowest BCUT2D eigenvalue weighted by Crippen LogP contribution is -2.50. The van der Waals surface area contributed by atoms with Gasteiger partial charge < -0.3 is 26.6 Å². The molecule has 0 bridgehead atoms. The van der Waals surface area contributed by atoms with E-state index in [1.54, 1.807) is 17.0 Å². The van der Waals surface area contributed by atoms with Crippen molar-refractivity contribution in [1.82, 2.24) is 19.8 Å². The molecule has 2 fully saturated rings. The van der Waals surface area contributed by atoms with Crippen LogP contribution in [0, 0.1) is 12.8 Å². The number of primary amides is 1. The van der Waals surface area contributed by atoms with Gasteiger partial charge in [0.05, 0.1) is 21.4 Å². The average molecular weight is 673 g/mol. The lowest BCUT2D eigenvalue weighted by molar-refractivity contribution is -0.122. The average Bonchev–Trinajstić information content (AvgIpc) is 3.33. The van der Waals surface area contributed by atoms with E-state index in [-0.39, 0.29) is 29.9 Å². The van der Waals surface area contributed by atoms with Crippen molar-refractivity contribution in [2.75, 3.05) is 23.7 Å². The molecule has 1 saturated carbocycles. The Balaban J connectivity index is 1.41. The Labute approximate surface area is 277 Å². The van der Waals surface area contributed by atoms with Gasteiger partial charge in [-0.25, -0.2) is 14.8 Å². The number of hydrogen-bond donors (Lipinski definition) is 4. The molecule has 2 aliphatic rings. The quantitative estimate of drug-likeness (QED) is 0.157. The highest BCUT2D eigenvalue weighted by Crippen LogP contribution is 2.41. The van der Waals surface area contributed by atoms with Gasteiger partial charge >= 0.3 is 6.03 Å². The number of likely N-dealkylation sites (tertiary alicyclic amines) is 1. The monoisotopic (exact) mass is 671 g/mol. The number of para-hydroxylation sites is 1. The van der Waals surface area contributed by atoms with Gasteiger partial charge in [0.25, 0.3) is 0 Å². The number of benzene rings is 2. The number of rotatable bonds is 7. The molecular weight excluding hydrogens is 637 g/mol. The van der Waals surface area contributed by atoms with Crippen LogP contribution in [0.2, 0.25) is 15.1 Å². The maximum absolute atomic E-state index is 13.0. The number of carbonyl (C=O) groups excluding carboxylic acids is 2. The van der Waals surface area contributed by atoms with Crippen LogP contribution in [0.1, 0.15) is 50.3 Å². The van der Waals surface area contributed by atoms with Crippen molar-refractivity contribution in [1.29, 1.82) is 0 Å². The molecule has 1 aliphatic heterocycles. The first-order valence-electron chi connectivity index (χ1n) is 14.9. The number of nitrogens with one attached hydrogen (secondary N) is 3. The lowest BCUT2D eigenvalue weighted by Gasteiger charge is -2.33. The molecule has 1 saturated heterocycles. The molecule has 2 aromatic carbocycles. The number of imidazole rings is 1. The summed E-state index contributed by atoms with van der Waals surface area (Å²) in [6.45, 7) is 6.74. The van der Waals surface area contributed by atoms with Gasteiger partial charge in [-0.2, -0.15) is 4.99 Å². The summed E-state index contributed by atoms with van der Waals surface area (Å²) >= 11 is 19.2. The van der Waals surface area contributed by atoms with Crippen molar-refractivity contribution in [2.45, 2.75) is 57.5 Å². The van der Waals surface area contributed by atoms with Crippen LogP contribution >= 0.6 is 34.8 Å². The third kappa shape index (κ3) is 7.89. The molecule has 45 heavy (non-hydrogen) atoms. The Bertz CT molecular complexity index is 1560. The number of halogens is 3. The highest BCUT2D eigenvalue weighted by Gasteiger charge is 2.31. The molecule has 0 radical (unpaired) electrons. The van der Waals surface area contributed by atoms with Gasteiger partial charge in [0.15, 0.2) is 5.82 Å². The first-order valence-corrected chi connectivity index (χ1v) is 16.0. The van der Waals surface area contributed by atoms with Gasteiger partial charge in [-0.3, -0.25) is 9.36 Å². The van der Waals surface area contributed by atoms with E-state index in [0.29, 0.717) is 82.9 Å². The zero-order valence-corrected chi connectivity index (χ0v) is 27.2. The summed E-state index contributed by atoms with van der Waals surface area (Å²) in [7, 11) is 0. The summed E-state index contributed by atoms with van der Waals surface area (Å²) in [5.74, 6) is 0.924. The highest BCUT2D eigenvalue weighted by atomic mass is 35.5. The number of guanidine groups is 1. The first-order chi connectivity index (χ1) is 21.6. The van der Waals surface area contributed by atoms with Gasteiger partial charge in [-0.1, -0.05) is 53.0 Å². The van der Waals surface area contributed by atoms with Crippen LogP contribution in [-0.2, 0) is 4.79 Å². The predicted molar refractivity (Wildman–Crippen MR) is 182 cm³/mol. The van der Waals surface area contributed by atoms with E-state index >= 15 is 0 Å². The van der Waals surface area contributed by atoms with Gasteiger partial charge in [0.2, 0.25) is 17.8 Å². The van der Waals surface area contributed by atoms with E-state index in [0.717, 1.165) is 18.5 Å². The molecule has 14 heteroatoms. The Morgan fingerprint density at radius 1 is 1.04 bits per heavy atom. The van der Waals surface area contributed by atoms with Crippen molar-refractivity contribution in [3.63, 3.8) is 0 Å². The molecule has 0 unspecified atom stereocenters. The SMILES string of the molecule is C=N/C(=N\c1c(C)nc(Nc2c(Cl)cc(Cl)cc2Cl)n1[C@H]1CC[C@@H](C(N)=O)CC1)N[C@@H]1CCCN(C(=O)Nc2ccccc2)C1. The first kappa shape index (κ1) is 32.6. The Morgan fingerprint density at radius 3 is 2.38 bits per heavy atom. The van der Waals surface area contributed by atoms with E-state index in [1.807, 2.05) is 41.8 Å². The second-order valence-corrected chi connectivity index (χ2v) is 12.6. The Kier molecular flexibility index (Phi) is 10.5. The zero-order chi connectivity index (χ0) is 32.1. The maximum Gasteiger partial charge on any atom is 0.321 e. The van der Waals surface area contributed by atoms with Crippen LogP contribution in [0.15, 0.2) is 52.4 Å². The number of aromatic nitrogens is 2. The number of aryl methyl sites for hydroxylation is 1. The van der Waals surface area contributed by atoms with Crippen LogP contribution in [-0.4, -0.2) is 58.2 Å². The minimum Gasteiger partial charge on any atom is -0.369 e. The highest BCUT2D eigenvalue weighted by molar-refractivity contribution is 6.41. The maximum atomic E-state index is 13.0. The van der Waals surface area contributed by atoms with E-state index in [9.17, 15) is 9.59 Å². The van der Waals surface area contributed by atoms with E-state index in [4.69, 9.17) is 50.5 Å². The fraction of sp³-hybridized carbons (Fsp3) is 0.387. The molecule has 5 rings (SSSR count). The van der Waals surface area contributed by atoms with Crippen LogP contribution < -0.4 is 21.7 Å².